The number of carbonyl (C=O) groups is 1. The minimum absolute atomic E-state index is 0.110. The number of anilines is 1. The molecule has 1 amide bonds. The maximum atomic E-state index is 11.7. The summed E-state index contributed by atoms with van der Waals surface area (Å²) in [5, 5.41) is 15.0. The van der Waals surface area contributed by atoms with E-state index in [0.717, 1.165) is 0 Å². The molecule has 0 heterocycles. The van der Waals surface area contributed by atoms with Gasteiger partial charge in [-0.2, -0.15) is 0 Å². The van der Waals surface area contributed by atoms with E-state index in [1.54, 1.807) is 19.2 Å². The van der Waals surface area contributed by atoms with Crippen molar-refractivity contribution in [2.24, 2.45) is 0 Å². The molecule has 0 aromatic heterocycles. The van der Waals surface area contributed by atoms with Crippen molar-refractivity contribution >= 4 is 11.6 Å². The molecule has 6 nitrogen and oxygen atoms in total. The van der Waals surface area contributed by atoms with Gasteiger partial charge in [-0.25, -0.2) is 0 Å². The molecule has 0 aliphatic carbocycles. The quantitative estimate of drug-likeness (QED) is 0.629. The third-order valence-electron chi connectivity index (χ3n) is 2.41. The molecule has 1 rings (SSSR count). The highest BCUT2D eigenvalue weighted by Gasteiger charge is 2.08. The third-order valence-corrected chi connectivity index (χ3v) is 2.41. The lowest BCUT2D eigenvalue weighted by Crippen LogP contribution is -2.35. The number of hydrogen-bond donors (Lipinski definition) is 3. The number of methoxy groups -OCH3 is 2. The second kappa shape index (κ2) is 8.47. The first-order valence-electron chi connectivity index (χ1n) is 5.98. The summed E-state index contributed by atoms with van der Waals surface area (Å²) in [6.45, 7) is 0.646. The predicted octanol–water partition coefficient (Wildman–Crippen LogP) is 0.231. The number of ether oxygens (including phenoxy) is 2. The molecule has 106 valence electrons. The Labute approximate surface area is 112 Å². The van der Waals surface area contributed by atoms with Crippen LogP contribution in [0.1, 0.15) is 0 Å². The van der Waals surface area contributed by atoms with Gasteiger partial charge >= 0.3 is 0 Å². The molecule has 19 heavy (non-hydrogen) atoms. The molecular weight excluding hydrogens is 248 g/mol. The van der Waals surface area contributed by atoms with Crippen LogP contribution in [0.25, 0.3) is 0 Å². The Morgan fingerprint density at radius 1 is 1.37 bits per heavy atom. The predicted molar refractivity (Wildman–Crippen MR) is 72.4 cm³/mol. The van der Waals surface area contributed by atoms with Crippen LogP contribution in [0.2, 0.25) is 0 Å². The first kappa shape index (κ1) is 15.4. The molecule has 0 radical (unpaired) electrons. The van der Waals surface area contributed by atoms with E-state index in [4.69, 9.17) is 9.47 Å². The number of amides is 1. The van der Waals surface area contributed by atoms with Crippen LogP contribution < -0.4 is 15.4 Å². The van der Waals surface area contributed by atoms with Gasteiger partial charge in [0.05, 0.1) is 32.1 Å². The molecule has 0 aliphatic heterocycles. The minimum atomic E-state index is -0.621. The van der Waals surface area contributed by atoms with Crippen molar-refractivity contribution in [1.82, 2.24) is 5.32 Å². The summed E-state index contributed by atoms with van der Waals surface area (Å²) >= 11 is 0. The fraction of sp³-hybridized carbons (Fsp3) is 0.462. The Kier molecular flexibility index (Phi) is 6.88. The van der Waals surface area contributed by atoms with Crippen LogP contribution in [0.15, 0.2) is 24.3 Å². The first-order valence-corrected chi connectivity index (χ1v) is 5.98. The molecular formula is C13H20N2O4. The van der Waals surface area contributed by atoms with E-state index < -0.39 is 6.10 Å². The summed E-state index contributed by atoms with van der Waals surface area (Å²) in [5.41, 5.74) is 0.620. The Hall–Kier alpha value is -1.63. The summed E-state index contributed by atoms with van der Waals surface area (Å²) in [6.07, 6.45) is -0.621. The second-order valence-corrected chi connectivity index (χ2v) is 3.99. The molecule has 0 aliphatic rings. The Morgan fingerprint density at radius 3 is 2.79 bits per heavy atom. The summed E-state index contributed by atoms with van der Waals surface area (Å²) in [4.78, 5) is 11.7. The Bertz CT molecular complexity index is 398. The number of aliphatic hydroxyl groups is 1. The number of rotatable bonds is 8. The molecule has 0 spiro atoms. The highest BCUT2D eigenvalue weighted by Crippen LogP contribution is 2.22. The number of carbonyl (C=O) groups excluding carboxylic acids is 1. The maximum Gasteiger partial charge on any atom is 0.238 e. The van der Waals surface area contributed by atoms with Gasteiger partial charge in [0, 0.05) is 13.7 Å². The molecule has 3 N–H and O–H groups in total. The van der Waals surface area contributed by atoms with Crippen LogP contribution in [0.3, 0.4) is 0 Å². The Morgan fingerprint density at radius 2 is 2.11 bits per heavy atom. The molecule has 0 saturated heterocycles. The van der Waals surface area contributed by atoms with E-state index in [2.05, 4.69) is 10.6 Å². The van der Waals surface area contributed by atoms with Gasteiger partial charge in [-0.1, -0.05) is 12.1 Å². The number of para-hydroxylation sites is 2. The smallest absolute Gasteiger partial charge is 0.238 e. The van der Waals surface area contributed by atoms with Gasteiger partial charge < -0.3 is 25.2 Å². The monoisotopic (exact) mass is 268 g/mol. The van der Waals surface area contributed by atoms with Crippen molar-refractivity contribution in [3.63, 3.8) is 0 Å². The van der Waals surface area contributed by atoms with Crippen LogP contribution in [-0.2, 0) is 9.53 Å². The van der Waals surface area contributed by atoms with E-state index >= 15 is 0 Å². The van der Waals surface area contributed by atoms with Gasteiger partial charge in [0.15, 0.2) is 0 Å². The van der Waals surface area contributed by atoms with E-state index in [1.807, 2.05) is 12.1 Å². The molecule has 1 aromatic carbocycles. The van der Waals surface area contributed by atoms with Crippen molar-refractivity contribution in [2.75, 3.05) is 39.2 Å². The number of benzene rings is 1. The summed E-state index contributed by atoms with van der Waals surface area (Å²) in [5.74, 6) is 0.407. The summed E-state index contributed by atoms with van der Waals surface area (Å²) in [6, 6.07) is 7.17. The summed E-state index contributed by atoms with van der Waals surface area (Å²) < 4.78 is 9.91. The van der Waals surface area contributed by atoms with E-state index in [9.17, 15) is 9.90 Å². The molecule has 1 unspecified atom stereocenters. The minimum Gasteiger partial charge on any atom is -0.495 e. The van der Waals surface area contributed by atoms with Gasteiger partial charge in [-0.05, 0) is 12.1 Å². The number of nitrogens with one attached hydrogen (secondary N) is 2. The largest absolute Gasteiger partial charge is 0.495 e. The standard InChI is InChI=1S/C13H20N2O4/c1-18-9-10(16)7-14-8-13(17)15-11-5-3-4-6-12(11)19-2/h3-6,10,14,16H,7-9H2,1-2H3,(H,15,17). The highest BCUT2D eigenvalue weighted by atomic mass is 16.5. The lowest BCUT2D eigenvalue weighted by atomic mass is 10.3. The molecule has 1 aromatic rings. The van der Waals surface area contributed by atoms with Gasteiger partial charge in [0.2, 0.25) is 5.91 Å². The van der Waals surface area contributed by atoms with E-state index in [1.165, 1.54) is 7.11 Å². The molecule has 6 heteroatoms. The van der Waals surface area contributed by atoms with E-state index in [-0.39, 0.29) is 19.1 Å². The normalized spacial score (nSPS) is 11.9. The van der Waals surface area contributed by atoms with Crippen LogP contribution in [0.5, 0.6) is 5.75 Å². The lowest BCUT2D eigenvalue weighted by Gasteiger charge is -2.12. The highest BCUT2D eigenvalue weighted by molar-refractivity contribution is 5.93. The van der Waals surface area contributed by atoms with Gasteiger partial charge in [0.1, 0.15) is 5.75 Å². The van der Waals surface area contributed by atoms with Gasteiger partial charge in [-0.3, -0.25) is 4.79 Å². The van der Waals surface area contributed by atoms with Crippen LogP contribution >= 0.6 is 0 Å². The fourth-order valence-corrected chi connectivity index (χ4v) is 1.55. The number of hydrogen-bond acceptors (Lipinski definition) is 5. The Balaban J connectivity index is 2.35. The molecule has 0 fully saturated rings. The van der Waals surface area contributed by atoms with Crippen LogP contribution in [0.4, 0.5) is 5.69 Å². The zero-order valence-electron chi connectivity index (χ0n) is 11.2. The number of aliphatic hydroxyl groups excluding tert-OH is 1. The zero-order chi connectivity index (χ0) is 14.1. The average Bonchev–Trinajstić information content (AvgIpc) is 2.39. The average molecular weight is 268 g/mol. The fourth-order valence-electron chi connectivity index (χ4n) is 1.55. The van der Waals surface area contributed by atoms with Crippen molar-refractivity contribution in [1.29, 1.82) is 0 Å². The maximum absolute atomic E-state index is 11.7. The van der Waals surface area contributed by atoms with Crippen LogP contribution in [-0.4, -0.2) is 51.0 Å². The molecule has 0 bridgehead atoms. The van der Waals surface area contributed by atoms with E-state index in [0.29, 0.717) is 18.0 Å². The van der Waals surface area contributed by atoms with Crippen LogP contribution in [0, 0.1) is 0 Å². The third kappa shape index (κ3) is 5.69. The zero-order valence-corrected chi connectivity index (χ0v) is 11.2. The molecule has 0 saturated carbocycles. The second-order valence-electron chi connectivity index (χ2n) is 3.99. The lowest BCUT2D eigenvalue weighted by molar-refractivity contribution is -0.115. The molecule has 1 atom stereocenters. The topological polar surface area (TPSA) is 79.8 Å². The van der Waals surface area contributed by atoms with Gasteiger partial charge in [-0.15, -0.1) is 0 Å². The van der Waals surface area contributed by atoms with Crippen molar-refractivity contribution in [2.45, 2.75) is 6.10 Å². The summed E-state index contributed by atoms with van der Waals surface area (Å²) in [7, 11) is 3.06. The van der Waals surface area contributed by atoms with Crippen molar-refractivity contribution in [3.8, 4) is 5.75 Å². The first-order chi connectivity index (χ1) is 9.17. The van der Waals surface area contributed by atoms with Crippen molar-refractivity contribution in [3.05, 3.63) is 24.3 Å². The van der Waals surface area contributed by atoms with Gasteiger partial charge in [0.25, 0.3) is 0 Å². The SMILES string of the molecule is COCC(O)CNCC(=O)Nc1ccccc1OC. The van der Waals surface area contributed by atoms with Crippen molar-refractivity contribution < 1.29 is 19.4 Å².